The van der Waals surface area contributed by atoms with Crippen molar-refractivity contribution in [2.75, 3.05) is 34.5 Å². The first-order valence-electron chi connectivity index (χ1n) is 12.2. The Morgan fingerprint density at radius 2 is 1.79 bits per heavy atom. The number of carbonyl (C=O) groups excluding carboxylic acids is 2. The molecule has 2 aromatic carbocycles. The zero-order chi connectivity index (χ0) is 27.8. The number of aryl methyl sites for hydroxylation is 2. The second kappa shape index (κ2) is 10.4. The van der Waals surface area contributed by atoms with Crippen molar-refractivity contribution in [3.8, 4) is 0 Å². The third-order valence-electron chi connectivity index (χ3n) is 6.70. The van der Waals surface area contributed by atoms with Gasteiger partial charge in [-0.2, -0.15) is 13.2 Å². The van der Waals surface area contributed by atoms with Crippen LogP contribution < -0.4 is 20.4 Å². The van der Waals surface area contributed by atoms with Gasteiger partial charge in [-0.15, -0.1) is 0 Å². The predicted octanol–water partition coefficient (Wildman–Crippen LogP) is 5.09. The monoisotopic (exact) mass is 525 g/mol. The number of halogens is 3. The van der Waals surface area contributed by atoms with Crippen LogP contribution in [0.5, 0.6) is 0 Å². The standard InChI is InChI=1S/C28H30F3N5O2/c1-17-6-5-7-22(26(17)34(3)16-19-8-10-21(32)11-9-19)35(4)27(38)23-12-13-25(37)36(23)24-15-20(28(29,30)31)14-18(2)33-24/h5-11,14-15,23H,12-13,16,32H2,1-4H3/t23-/m0/s1. The maximum absolute atomic E-state index is 13.8. The molecule has 1 aliphatic rings. The fourth-order valence-corrected chi connectivity index (χ4v) is 4.87. The number of hydrogen-bond donors (Lipinski definition) is 1. The minimum absolute atomic E-state index is 0.0406. The van der Waals surface area contributed by atoms with E-state index in [1.165, 1.54) is 11.8 Å². The molecule has 0 saturated carbocycles. The number of para-hydroxylation sites is 1. The number of aromatic nitrogens is 1. The lowest BCUT2D eigenvalue weighted by Crippen LogP contribution is -2.46. The van der Waals surface area contributed by atoms with E-state index in [9.17, 15) is 22.8 Å². The summed E-state index contributed by atoms with van der Waals surface area (Å²) in [7, 11) is 3.53. The number of rotatable bonds is 6. The Balaban J connectivity index is 1.66. The van der Waals surface area contributed by atoms with E-state index in [1.807, 2.05) is 61.3 Å². The molecular weight excluding hydrogens is 495 g/mol. The Kier molecular flexibility index (Phi) is 7.35. The molecule has 1 aromatic heterocycles. The topological polar surface area (TPSA) is 82.8 Å². The molecule has 0 unspecified atom stereocenters. The first-order valence-corrected chi connectivity index (χ1v) is 12.2. The number of carbonyl (C=O) groups is 2. The van der Waals surface area contributed by atoms with Crippen molar-refractivity contribution in [3.05, 3.63) is 77.0 Å². The van der Waals surface area contributed by atoms with Crippen LogP contribution in [0.15, 0.2) is 54.6 Å². The molecule has 0 aliphatic carbocycles. The summed E-state index contributed by atoms with van der Waals surface area (Å²) in [6.07, 6.45) is -4.38. The molecule has 3 aromatic rings. The number of amides is 2. The third kappa shape index (κ3) is 5.44. The van der Waals surface area contributed by atoms with Gasteiger partial charge in [0, 0.05) is 38.4 Å². The molecule has 4 rings (SSSR count). The van der Waals surface area contributed by atoms with Gasteiger partial charge in [0.05, 0.1) is 16.9 Å². The molecule has 10 heteroatoms. The number of pyridine rings is 1. The van der Waals surface area contributed by atoms with Crippen LogP contribution in [0.2, 0.25) is 0 Å². The minimum Gasteiger partial charge on any atom is -0.399 e. The molecule has 2 heterocycles. The molecule has 1 atom stereocenters. The summed E-state index contributed by atoms with van der Waals surface area (Å²) in [5.74, 6) is -1.01. The van der Waals surface area contributed by atoms with Crippen molar-refractivity contribution in [3.63, 3.8) is 0 Å². The van der Waals surface area contributed by atoms with E-state index in [1.54, 1.807) is 7.05 Å². The van der Waals surface area contributed by atoms with Crippen molar-refractivity contribution in [2.24, 2.45) is 0 Å². The van der Waals surface area contributed by atoms with Gasteiger partial charge in [-0.25, -0.2) is 4.98 Å². The van der Waals surface area contributed by atoms with Crippen molar-refractivity contribution < 1.29 is 22.8 Å². The SMILES string of the molecule is Cc1cc(C(F)(F)F)cc(N2C(=O)CC[C@H]2C(=O)N(C)c2cccc(C)c2N(C)Cc2ccc(N)cc2)n1. The smallest absolute Gasteiger partial charge is 0.399 e. The lowest BCUT2D eigenvalue weighted by Gasteiger charge is -2.32. The highest BCUT2D eigenvalue weighted by Crippen LogP contribution is 2.37. The Hall–Kier alpha value is -4.08. The molecule has 0 radical (unpaired) electrons. The average molecular weight is 526 g/mol. The van der Waals surface area contributed by atoms with Crippen LogP contribution >= 0.6 is 0 Å². The van der Waals surface area contributed by atoms with E-state index in [2.05, 4.69) is 4.98 Å². The zero-order valence-electron chi connectivity index (χ0n) is 21.7. The molecule has 38 heavy (non-hydrogen) atoms. The molecule has 0 bridgehead atoms. The maximum Gasteiger partial charge on any atom is 0.416 e. The summed E-state index contributed by atoms with van der Waals surface area (Å²) in [6, 6.07) is 13.9. The van der Waals surface area contributed by atoms with Crippen LogP contribution in [0, 0.1) is 13.8 Å². The van der Waals surface area contributed by atoms with Gasteiger partial charge >= 0.3 is 6.18 Å². The molecule has 0 spiro atoms. The number of hydrogen-bond acceptors (Lipinski definition) is 5. The summed E-state index contributed by atoms with van der Waals surface area (Å²) in [6.45, 7) is 3.93. The molecule has 2 N–H and O–H groups in total. The van der Waals surface area contributed by atoms with Crippen molar-refractivity contribution in [1.29, 1.82) is 0 Å². The number of anilines is 4. The molecule has 1 saturated heterocycles. The summed E-state index contributed by atoms with van der Waals surface area (Å²) in [5.41, 5.74) is 9.09. The van der Waals surface area contributed by atoms with E-state index < -0.39 is 29.6 Å². The van der Waals surface area contributed by atoms with Crippen molar-refractivity contribution >= 4 is 34.7 Å². The van der Waals surface area contributed by atoms with Crippen molar-refractivity contribution in [1.82, 2.24) is 4.98 Å². The van der Waals surface area contributed by atoms with Crippen LogP contribution in [0.3, 0.4) is 0 Å². The summed E-state index contributed by atoms with van der Waals surface area (Å²) >= 11 is 0. The lowest BCUT2D eigenvalue weighted by molar-refractivity contribution is -0.137. The lowest BCUT2D eigenvalue weighted by atomic mass is 10.1. The van der Waals surface area contributed by atoms with Crippen LogP contribution in [0.1, 0.15) is 35.2 Å². The van der Waals surface area contributed by atoms with E-state index >= 15 is 0 Å². The van der Waals surface area contributed by atoms with Crippen LogP contribution in [-0.2, 0) is 22.3 Å². The zero-order valence-corrected chi connectivity index (χ0v) is 21.7. The Morgan fingerprint density at radius 3 is 2.45 bits per heavy atom. The predicted molar refractivity (Wildman–Crippen MR) is 142 cm³/mol. The molecule has 1 aliphatic heterocycles. The van der Waals surface area contributed by atoms with Crippen molar-refractivity contribution in [2.45, 2.75) is 45.5 Å². The van der Waals surface area contributed by atoms with Gasteiger partial charge in [0.2, 0.25) is 11.8 Å². The highest BCUT2D eigenvalue weighted by atomic mass is 19.4. The van der Waals surface area contributed by atoms with Gasteiger partial charge in [0.25, 0.3) is 0 Å². The maximum atomic E-state index is 13.8. The summed E-state index contributed by atoms with van der Waals surface area (Å²) in [5, 5.41) is 0. The fraction of sp³-hybridized carbons (Fsp3) is 0.321. The van der Waals surface area contributed by atoms with Crippen LogP contribution in [-0.4, -0.2) is 36.9 Å². The number of likely N-dealkylation sites (N-methyl/N-ethyl adjacent to an activating group) is 1. The molecule has 200 valence electrons. The van der Waals surface area contributed by atoms with E-state index in [0.29, 0.717) is 17.9 Å². The average Bonchev–Trinajstić information content (AvgIpc) is 3.24. The van der Waals surface area contributed by atoms with E-state index in [4.69, 9.17) is 5.73 Å². The highest BCUT2D eigenvalue weighted by molar-refractivity contribution is 6.09. The third-order valence-corrected chi connectivity index (χ3v) is 6.70. The number of nitrogens with zero attached hydrogens (tertiary/aromatic N) is 4. The first-order chi connectivity index (χ1) is 17.9. The second-order valence-electron chi connectivity index (χ2n) is 9.61. The van der Waals surface area contributed by atoms with Gasteiger partial charge in [-0.1, -0.05) is 24.3 Å². The number of benzene rings is 2. The number of nitrogen functional groups attached to an aromatic ring is 1. The van der Waals surface area contributed by atoms with Gasteiger partial charge < -0.3 is 15.5 Å². The molecule has 2 amide bonds. The van der Waals surface area contributed by atoms with E-state index in [-0.39, 0.29) is 24.4 Å². The molecule has 1 fully saturated rings. The van der Waals surface area contributed by atoms with Crippen LogP contribution in [0.25, 0.3) is 0 Å². The Bertz CT molecular complexity index is 1360. The largest absolute Gasteiger partial charge is 0.416 e. The van der Waals surface area contributed by atoms with E-state index in [0.717, 1.165) is 33.8 Å². The fourth-order valence-electron chi connectivity index (χ4n) is 4.87. The Morgan fingerprint density at radius 1 is 1.11 bits per heavy atom. The summed E-state index contributed by atoms with van der Waals surface area (Å²) < 4.78 is 40.4. The molecular formula is C28H30F3N5O2. The number of nitrogens with two attached hydrogens (primary N) is 1. The normalized spacial score (nSPS) is 15.6. The minimum atomic E-state index is -4.60. The second-order valence-corrected chi connectivity index (χ2v) is 9.61. The highest BCUT2D eigenvalue weighted by Gasteiger charge is 2.41. The van der Waals surface area contributed by atoms with Gasteiger partial charge in [-0.05, 0) is 61.7 Å². The van der Waals surface area contributed by atoms with Gasteiger partial charge in [0.15, 0.2) is 0 Å². The summed E-state index contributed by atoms with van der Waals surface area (Å²) in [4.78, 5) is 35.3. The van der Waals surface area contributed by atoms with Gasteiger partial charge in [-0.3, -0.25) is 14.5 Å². The van der Waals surface area contributed by atoms with Gasteiger partial charge in [0.1, 0.15) is 11.9 Å². The quantitative estimate of drug-likeness (QED) is 0.453. The molecule has 7 nitrogen and oxygen atoms in total. The first kappa shape index (κ1) is 27.0. The van der Waals surface area contributed by atoms with Crippen LogP contribution in [0.4, 0.5) is 36.1 Å². The Labute approximate surface area is 219 Å². The number of alkyl halides is 3.